The zero-order chi connectivity index (χ0) is 15.7. The third kappa shape index (κ3) is 3.65. The molecule has 3 nitrogen and oxygen atoms in total. The number of alkyl halides is 6. The number of hydrogen-bond acceptors (Lipinski definition) is 2. The molecule has 0 unspecified atom stereocenters. The number of carbonyl (C=O) groups is 1. The van der Waals surface area contributed by atoms with E-state index >= 15 is 0 Å². The molecular weight excluding hydrogens is 294 g/mol. The summed E-state index contributed by atoms with van der Waals surface area (Å²) in [5.74, 6) is -3.06. The molecule has 0 saturated carbocycles. The molecule has 0 amide bonds. The van der Waals surface area contributed by atoms with Crippen molar-refractivity contribution >= 4 is 12.0 Å². The second kappa shape index (κ2) is 5.06. The van der Waals surface area contributed by atoms with Crippen LogP contribution in [0.25, 0.3) is 6.08 Å². The molecule has 0 aliphatic heterocycles. The van der Waals surface area contributed by atoms with Crippen LogP contribution in [0.4, 0.5) is 26.3 Å². The lowest BCUT2D eigenvalue weighted by molar-refractivity contribution is -0.143. The number of aromatic hydroxyl groups is 1. The summed E-state index contributed by atoms with van der Waals surface area (Å²) in [6.45, 7) is 0. The molecule has 2 N–H and O–H groups in total. The molecule has 1 rings (SSSR count). The quantitative estimate of drug-likeness (QED) is 0.649. The van der Waals surface area contributed by atoms with Crippen LogP contribution in [0, 0.1) is 0 Å². The monoisotopic (exact) mass is 300 g/mol. The Bertz CT molecular complexity index is 557. The standard InChI is InChI=1S/C11H6F6O3/c12-10(13,14)6-3-5(1-2-8(18)19)9(20)7(4-6)11(15,16)17/h1-4,20H,(H,18,19)/b2-1+. The number of rotatable bonds is 2. The van der Waals surface area contributed by atoms with Crippen LogP contribution in [0.1, 0.15) is 16.7 Å². The summed E-state index contributed by atoms with van der Waals surface area (Å²) in [5.41, 5.74) is -4.43. The zero-order valence-corrected chi connectivity index (χ0v) is 9.38. The van der Waals surface area contributed by atoms with Gasteiger partial charge < -0.3 is 10.2 Å². The number of halogens is 6. The Kier molecular flexibility index (Phi) is 4.02. The van der Waals surface area contributed by atoms with Gasteiger partial charge in [-0.25, -0.2) is 4.79 Å². The highest BCUT2D eigenvalue weighted by Gasteiger charge is 2.39. The number of phenols is 1. The molecule has 20 heavy (non-hydrogen) atoms. The molecule has 0 fully saturated rings. The minimum atomic E-state index is -5.21. The van der Waals surface area contributed by atoms with Crippen molar-refractivity contribution in [3.8, 4) is 5.75 Å². The second-order valence-corrected chi connectivity index (χ2v) is 3.63. The first-order valence-electron chi connectivity index (χ1n) is 4.85. The van der Waals surface area contributed by atoms with Gasteiger partial charge in [-0.2, -0.15) is 26.3 Å². The van der Waals surface area contributed by atoms with Crippen molar-refractivity contribution in [2.75, 3.05) is 0 Å². The lowest BCUT2D eigenvalue weighted by Gasteiger charge is -2.15. The summed E-state index contributed by atoms with van der Waals surface area (Å²) in [4.78, 5) is 10.2. The van der Waals surface area contributed by atoms with E-state index in [-0.39, 0.29) is 12.1 Å². The molecule has 0 saturated heterocycles. The van der Waals surface area contributed by atoms with Gasteiger partial charge in [0.25, 0.3) is 0 Å². The van der Waals surface area contributed by atoms with Crippen LogP contribution in [0.2, 0.25) is 0 Å². The summed E-state index contributed by atoms with van der Waals surface area (Å²) >= 11 is 0. The van der Waals surface area contributed by atoms with Crippen molar-refractivity contribution in [1.29, 1.82) is 0 Å². The Labute approximate surface area is 107 Å². The third-order valence-corrected chi connectivity index (χ3v) is 2.18. The first kappa shape index (κ1) is 15.9. The van der Waals surface area contributed by atoms with Crippen LogP contribution in [0.5, 0.6) is 5.75 Å². The van der Waals surface area contributed by atoms with Gasteiger partial charge in [0.1, 0.15) is 5.75 Å². The maximum atomic E-state index is 12.5. The van der Waals surface area contributed by atoms with Gasteiger partial charge in [-0.05, 0) is 18.2 Å². The van der Waals surface area contributed by atoms with Crippen LogP contribution >= 0.6 is 0 Å². The lowest BCUT2D eigenvalue weighted by atomic mass is 10.0. The number of hydrogen-bond donors (Lipinski definition) is 2. The van der Waals surface area contributed by atoms with Crippen molar-refractivity contribution in [2.24, 2.45) is 0 Å². The van der Waals surface area contributed by atoms with Crippen molar-refractivity contribution in [3.63, 3.8) is 0 Å². The fourth-order valence-corrected chi connectivity index (χ4v) is 1.32. The molecule has 0 radical (unpaired) electrons. The summed E-state index contributed by atoms with van der Waals surface area (Å²) < 4.78 is 75.0. The molecule has 0 bridgehead atoms. The van der Waals surface area contributed by atoms with E-state index in [1.807, 2.05) is 0 Å². The minimum Gasteiger partial charge on any atom is -0.507 e. The van der Waals surface area contributed by atoms with E-state index in [0.717, 1.165) is 0 Å². The number of carboxylic acid groups (broad SMARTS) is 1. The van der Waals surface area contributed by atoms with Crippen LogP contribution in [-0.2, 0) is 17.1 Å². The summed E-state index contributed by atoms with van der Waals surface area (Å²) in [6.07, 6.45) is -9.52. The predicted octanol–water partition coefficient (Wildman–Crippen LogP) is 3.53. The van der Waals surface area contributed by atoms with E-state index in [0.29, 0.717) is 12.2 Å². The van der Waals surface area contributed by atoms with Crippen molar-refractivity contribution in [2.45, 2.75) is 12.4 Å². The molecule has 0 atom stereocenters. The molecule has 0 heterocycles. The smallest absolute Gasteiger partial charge is 0.419 e. The van der Waals surface area contributed by atoms with E-state index in [4.69, 9.17) is 5.11 Å². The molecule has 1 aromatic rings. The van der Waals surface area contributed by atoms with Crippen molar-refractivity contribution in [1.82, 2.24) is 0 Å². The third-order valence-electron chi connectivity index (χ3n) is 2.18. The van der Waals surface area contributed by atoms with Gasteiger partial charge in [0.15, 0.2) is 0 Å². The molecule has 0 spiro atoms. The molecule has 9 heteroatoms. The average Bonchev–Trinajstić information content (AvgIpc) is 2.24. The van der Waals surface area contributed by atoms with Gasteiger partial charge in [0, 0.05) is 11.6 Å². The maximum Gasteiger partial charge on any atom is 0.419 e. The van der Waals surface area contributed by atoms with Crippen LogP contribution in [-0.4, -0.2) is 16.2 Å². The van der Waals surface area contributed by atoms with E-state index in [9.17, 15) is 36.2 Å². The summed E-state index contributed by atoms with van der Waals surface area (Å²) in [7, 11) is 0. The maximum absolute atomic E-state index is 12.5. The van der Waals surface area contributed by atoms with Crippen LogP contribution in [0.3, 0.4) is 0 Å². The van der Waals surface area contributed by atoms with E-state index < -0.39 is 40.8 Å². The number of aliphatic carboxylic acids is 1. The summed E-state index contributed by atoms with van der Waals surface area (Å²) in [5, 5.41) is 17.6. The van der Waals surface area contributed by atoms with Crippen molar-refractivity contribution in [3.05, 3.63) is 34.9 Å². The Hall–Kier alpha value is -2.19. The number of benzene rings is 1. The molecule has 110 valence electrons. The zero-order valence-electron chi connectivity index (χ0n) is 9.38. The highest BCUT2D eigenvalue weighted by molar-refractivity contribution is 5.86. The predicted molar refractivity (Wildman–Crippen MR) is 54.8 cm³/mol. The van der Waals surface area contributed by atoms with Gasteiger partial charge in [-0.1, -0.05) is 0 Å². The van der Waals surface area contributed by atoms with Crippen LogP contribution < -0.4 is 0 Å². The Morgan fingerprint density at radius 1 is 1.05 bits per heavy atom. The second-order valence-electron chi connectivity index (χ2n) is 3.63. The largest absolute Gasteiger partial charge is 0.507 e. The lowest BCUT2D eigenvalue weighted by Crippen LogP contribution is -2.11. The molecule has 0 aliphatic rings. The Balaban J connectivity index is 3.55. The number of carboxylic acids is 1. The van der Waals surface area contributed by atoms with E-state index in [2.05, 4.69) is 0 Å². The van der Waals surface area contributed by atoms with Gasteiger partial charge in [0.2, 0.25) is 0 Å². The van der Waals surface area contributed by atoms with Crippen molar-refractivity contribution < 1.29 is 41.4 Å². The van der Waals surface area contributed by atoms with Gasteiger partial charge in [0.05, 0.1) is 11.1 Å². The normalized spacial score (nSPS) is 12.9. The first-order valence-corrected chi connectivity index (χ1v) is 4.85. The fraction of sp³-hybridized carbons (Fsp3) is 0.182. The first-order chi connectivity index (χ1) is 8.93. The van der Waals surface area contributed by atoms with Crippen LogP contribution in [0.15, 0.2) is 18.2 Å². The molecule has 1 aromatic carbocycles. The number of phenolic OH excluding ortho intramolecular Hbond substituents is 1. The summed E-state index contributed by atoms with van der Waals surface area (Å²) in [6, 6.07) is -0.0164. The SMILES string of the molecule is O=C(O)/C=C/c1cc(C(F)(F)F)cc(C(F)(F)F)c1O. The van der Waals surface area contributed by atoms with Gasteiger partial charge in [-0.15, -0.1) is 0 Å². The van der Waals surface area contributed by atoms with E-state index in [1.165, 1.54) is 0 Å². The molecular formula is C11H6F6O3. The van der Waals surface area contributed by atoms with E-state index in [1.54, 1.807) is 0 Å². The minimum absolute atomic E-state index is 0.226. The average molecular weight is 300 g/mol. The topological polar surface area (TPSA) is 57.5 Å². The fourth-order valence-electron chi connectivity index (χ4n) is 1.32. The molecule has 0 aliphatic carbocycles. The Morgan fingerprint density at radius 2 is 1.60 bits per heavy atom. The Morgan fingerprint density at radius 3 is 2.00 bits per heavy atom. The van der Waals surface area contributed by atoms with Gasteiger partial charge in [-0.3, -0.25) is 0 Å². The highest BCUT2D eigenvalue weighted by atomic mass is 19.4. The van der Waals surface area contributed by atoms with Gasteiger partial charge >= 0.3 is 18.3 Å². The molecule has 0 aromatic heterocycles. The highest BCUT2D eigenvalue weighted by Crippen LogP contribution is 2.42.